The van der Waals surface area contributed by atoms with E-state index >= 15 is 0 Å². The first-order valence-electron chi connectivity index (χ1n) is 6.48. The largest absolute Gasteiger partial charge is 0.302 e. The third-order valence-electron chi connectivity index (χ3n) is 4.04. The van der Waals surface area contributed by atoms with Crippen LogP contribution in [0.15, 0.2) is 52.1 Å². The van der Waals surface area contributed by atoms with Crippen molar-refractivity contribution in [2.24, 2.45) is 10.2 Å². The van der Waals surface area contributed by atoms with E-state index in [1.165, 1.54) is 22.5 Å². The molecule has 4 nitrogen and oxygen atoms in total. The lowest BCUT2D eigenvalue weighted by Crippen LogP contribution is -1.99. The number of hydrogen-bond donors (Lipinski definition) is 0. The molecule has 2 aromatic rings. The molecule has 0 N–H and O–H groups in total. The van der Waals surface area contributed by atoms with Gasteiger partial charge in [-0.15, -0.1) is 0 Å². The maximum atomic E-state index is 4.46. The molecule has 0 fully saturated rings. The van der Waals surface area contributed by atoms with Gasteiger partial charge in [0.25, 0.3) is 0 Å². The lowest BCUT2D eigenvalue weighted by Gasteiger charge is -2.11. The molecule has 1 aromatic carbocycles. The molecule has 1 aromatic heterocycles. The van der Waals surface area contributed by atoms with Gasteiger partial charge in [0.1, 0.15) is 6.04 Å². The van der Waals surface area contributed by atoms with Crippen LogP contribution in [0.5, 0.6) is 0 Å². The predicted molar refractivity (Wildman–Crippen MR) is 72.3 cm³/mol. The second-order valence-electron chi connectivity index (χ2n) is 5.11. The van der Waals surface area contributed by atoms with E-state index in [1.807, 2.05) is 13.3 Å². The third kappa shape index (κ3) is 1.37. The van der Waals surface area contributed by atoms with E-state index in [2.05, 4.69) is 51.0 Å². The SMILES string of the molecule is CC1=C2Cc3c(C)ncn3-c3ccccc3C2N=N1. The lowest BCUT2D eigenvalue weighted by atomic mass is 9.95. The molecule has 2 aliphatic heterocycles. The molecule has 0 aliphatic carbocycles. The Morgan fingerprint density at radius 1 is 1.21 bits per heavy atom. The summed E-state index contributed by atoms with van der Waals surface area (Å²) in [5.74, 6) is 0. The van der Waals surface area contributed by atoms with Crippen LogP contribution in [-0.2, 0) is 6.42 Å². The van der Waals surface area contributed by atoms with Crippen molar-refractivity contribution in [1.29, 1.82) is 0 Å². The van der Waals surface area contributed by atoms with Gasteiger partial charge < -0.3 is 4.57 Å². The maximum Gasteiger partial charge on any atom is 0.122 e. The molecule has 0 bridgehead atoms. The van der Waals surface area contributed by atoms with Crippen molar-refractivity contribution >= 4 is 0 Å². The van der Waals surface area contributed by atoms with Gasteiger partial charge in [0.05, 0.1) is 23.4 Å². The highest BCUT2D eigenvalue weighted by Crippen LogP contribution is 2.42. The quantitative estimate of drug-likeness (QED) is 0.705. The normalized spacial score (nSPS) is 20.0. The molecular formula is C15H14N4. The van der Waals surface area contributed by atoms with E-state index in [1.54, 1.807) is 0 Å². The Morgan fingerprint density at radius 2 is 2.05 bits per heavy atom. The van der Waals surface area contributed by atoms with Gasteiger partial charge in [-0.2, -0.15) is 10.2 Å². The number of nitrogens with zero attached hydrogens (tertiary/aromatic N) is 4. The van der Waals surface area contributed by atoms with Gasteiger partial charge in [-0.05, 0) is 25.5 Å². The van der Waals surface area contributed by atoms with Crippen molar-refractivity contribution in [2.45, 2.75) is 26.3 Å². The van der Waals surface area contributed by atoms with Crippen LogP contribution >= 0.6 is 0 Å². The minimum absolute atomic E-state index is 0.0792. The zero-order valence-corrected chi connectivity index (χ0v) is 11.0. The number of fused-ring (bicyclic) bond motifs is 5. The molecule has 0 saturated carbocycles. The average Bonchev–Trinajstić information content (AvgIpc) is 2.92. The fraction of sp³-hybridized carbons (Fsp3) is 0.267. The van der Waals surface area contributed by atoms with Crippen LogP contribution in [0.1, 0.15) is 29.9 Å². The summed E-state index contributed by atoms with van der Waals surface area (Å²) >= 11 is 0. The Labute approximate surface area is 111 Å². The number of aromatic nitrogens is 2. The highest BCUT2D eigenvalue weighted by atomic mass is 15.2. The van der Waals surface area contributed by atoms with Crippen molar-refractivity contribution < 1.29 is 0 Å². The van der Waals surface area contributed by atoms with Crippen molar-refractivity contribution in [2.75, 3.05) is 0 Å². The van der Waals surface area contributed by atoms with Crippen LogP contribution < -0.4 is 0 Å². The second-order valence-corrected chi connectivity index (χ2v) is 5.11. The highest BCUT2D eigenvalue weighted by molar-refractivity contribution is 5.52. The Morgan fingerprint density at radius 3 is 2.95 bits per heavy atom. The number of imidazole rings is 1. The Balaban J connectivity index is 2.07. The molecule has 0 spiro atoms. The number of rotatable bonds is 0. The van der Waals surface area contributed by atoms with Crippen LogP contribution in [0, 0.1) is 6.92 Å². The first kappa shape index (κ1) is 10.7. The van der Waals surface area contributed by atoms with E-state index in [-0.39, 0.29) is 6.04 Å². The summed E-state index contributed by atoms with van der Waals surface area (Å²) < 4.78 is 2.19. The van der Waals surface area contributed by atoms with Crippen LogP contribution in [0.4, 0.5) is 0 Å². The van der Waals surface area contributed by atoms with Gasteiger partial charge in [0.15, 0.2) is 0 Å². The fourth-order valence-corrected chi connectivity index (χ4v) is 2.95. The van der Waals surface area contributed by atoms with Crippen molar-refractivity contribution in [3.63, 3.8) is 0 Å². The third-order valence-corrected chi connectivity index (χ3v) is 4.04. The molecule has 0 radical (unpaired) electrons. The molecule has 19 heavy (non-hydrogen) atoms. The average molecular weight is 250 g/mol. The molecule has 2 aliphatic rings. The van der Waals surface area contributed by atoms with E-state index < -0.39 is 0 Å². The van der Waals surface area contributed by atoms with E-state index in [4.69, 9.17) is 0 Å². The van der Waals surface area contributed by atoms with Gasteiger partial charge in [-0.25, -0.2) is 4.98 Å². The zero-order chi connectivity index (χ0) is 13.0. The number of para-hydroxylation sites is 1. The molecule has 94 valence electrons. The van der Waals surface area contributed by atoms with Gasteiger partial charge in [0, 0.05) is 17.7 Å². The van der Waals surface area contributed by atoms with E-state index in [0.29, 0.717) is 0 Å². The van der Waals surface area contributed by atoms with Crippen LogP contribution in [0.25, 0.3) is 5.69 Å². The summed E-state index contributed by atoms with van der Waals surface area (Å²) in [5.41, 5.74) is 7.07. The Kier molecular flexibility index (Phi) is 2.04. The molecule has 1 atom stereocenters. The predicted octanol–water partition coefficient (Wildman–Crippen LogP) is 3.52. The molecule has 0 saturated heterocycles. The summed E-state index contributed by atoms with van der Waals surface area (Å²) in [6.45, 7) is 4.11. The van der Waals surface area contributed by atoms with Gasteiger partial charge in [0.2, 0.25) is 0 Å². The smallest absolute Gasteiger partial charge is 0.122 e. The van der Waals surface area contributed by atoms with E-state index in [0.717, 1.165) is 17.8 Å². The lowest BCUT2D eigenvalue weighted by molar-refractivity contribution is 0.817. The summed E-state index contributed by atoms with van der Waals surface area (Å²) in [6, 6.07) is 8.48. The van der Waals surface area contributed by atoms with Crippen molar-refractivity contribution in [3.05, 3.63) is 58.8 Å². The Hall–Kier alpha value is -2.23. The first-order valence-corrected chi connectivity index (χ1v) is 6.48. The highest BCUT2D eigenvalue weighted by Gasteiger charge is 2.31. The molecular weight excluding hydrogens is 236 g/mol. The van der Waals surface area contributed by atoms with Gasteiger partial charge in [-0.1, -0.05) is 18.2 Å². The Bertz CT molecular complexity index is 736. The standard InChI is InChI=1S/C15H14N4/c1-9-12-7-14-10(2)16-8-19(14)13-6-4-3-5-11(13)15(12)18-17-9/h3-6,8,15H,7H2,1-2H3. The minimum atomic E-state index is 0.0792. The van der Waals surface area contributed by atoms with Crippen LogP contribution in [-0.4, -0.2) is 9.55 Å². The molecule has 0 amide bonds. The summed E-state index contributed by atoms with van der Waals surface area (Å²) in [7, 11) is 0. The molecule has 1 unspecified atom stereocenters. The maximum absolute atomic E-state index is 4.46. The summed E-state index contributed by atoms with van der Waals surface area (Å²) in [5, 5.41) is 8.73. The number of aryl methyl sites for hydroxylation is 1. The number of benzene rings is 1. The van der Waals surface area contributed by atoms with Crippen molar-refractivity contribution in [3.8, 4) is 5.69 Å². The molecule has 3 heterocycles. The first-order chi connectivity index (χ1) is 9.25. The number of hydrogen-bond acceptors (Lipinski definition) is 3. The van der Waals surface area contributed by atoms with E-state index in [9.17, 15) is 0 Å². The molecule has 4 heteroatoms. The van der Waals surface area contributed by atoms with Gasteiger partial charge >= 0.3 is 0 Å². The second kappa shape index (κ2) is 3.63. The minimum Gasteiger partial charge on any atom is -0.302 e. The van der Waals surface area contributed by atoms with Crippen LogP contribution in [0.2, 0.25) is 0 Å². The topological polar surface area (TPSA) is 42.5 Å². The van der Waals surface area contributed by atoms with Crippen molar-refractivity contribution in [1.82, 2.24) is 9.55 Å². The summed E-state index contributed by atoms with van der Waals surface area (Å²) in [4.78, 5) is 4.46. The molecule has 4 rings (SSSR count). The summed E-state index contributed by atoms with van der Waals surface area (Å²) in [6.07, 6.45) is 2.79. The number of allylic oxidation sites excluding steroid dienone is 1. The van der Waals surface area contributed by atoms with Gasteiger partial charge in [-0.3, -0.25) is 0 Å². The zero-order valence-electron chi connectivity index (χ0n) is 11.0. The monoisotopic (exact) mass is 250 g/mol. The number of azo groups is 1. The fourth-order valence-electron chi connectivity index (χ4n) is 2.95. The van der Waals surface area contributed by atoms with Crippen LogP contribution in [0.3, 0.4) is 0 Å².